The lowest BCUT2D eigenvalue weighted by Crippen LogP contribution is -2.16. The summed E-state index contributed by atoms with van der Waals surface area (Å²) in [6.07, 6.45) is 2.01. The normalized spacial score (nSPS) is 10.7. The molecule has 100 valence electrons. The van der Waals surface area contributed by atoms with Crippen LogP contribution in [0, 0.1) is 13.8 Å². The van der Waals surface area contributed by atoms with Crippen molar-refractivity contribution >= 4 is 44.9 Å². The van der Waals surface area contributed by atoms with E-state index in [4.69, 9.17) is 18.0 Å². The molecule has 2 N–H and O–H groups in total. The minimum absolute atomic E-state index is 0.392. The van der Waals surface area contributed by atoms with Gasteiger partial charge in [-0.3, -0.25) is 0 Å². The second-order valence-corrected chi connectivity index (χ2v) is 6.20. The van der Waals surface area contributed by atoms with Gasteiger partial charge < -0.3 is 5.73 Å². The molecule has 0 saturated carbocycles. The summed E-state index contributed by atoms with van der Waals surface area (Å²) in [5.74, 6) is 0. The van der Waals surface area contributed by atoms with Crippen LogP contribution in [0.2, 0.25) is 0 Å². The highest BCUT2D eigenvalue weighted by Gasteiger charge is 2.16. The molecular formula is C13H14BrN3S2. The molecule has 0 bridgehead atoms. The van der Waals surface area contributed by atoms with Gasteiger partial charge in [0.05, 0.1) is 21.5 Å². The number of nitrogens with two attached hydrogens (primary N) is 1. The molecule has 2 rings (SSSR count). The molecule has 0 fully saturated rings. The van der Waals surface area contributed by atoms with Gasteiger partial charge in [0.1, 0.15) is 4.99 Å². The van der Waals surface area contributed by atoms with E-state index in [-0.39, 0.29) is 0 Å². The molecule has 19 heavy (non-hydrogen) atoms. The van der Waals surface area contributed by atoms with Crippen LogP contribution in [0.15, 0.2) is 27.6 Å². The number of thiocarbonyl (C=S) groups is 1. The Labute approximate surface area is 130 Å². The van der Waals surface area contributed by atoms with Crippen LogP contribution < -0.4 is 5.73 Å². The summed E-state index contributed by atoms with van der Waals surface area (Å²) < 4.78 is 2.89. The van der Waals surface area contributed by atoms with Gasteiger partial charge in [-0.2, -0.15) is 5.10 Å². The highest BCUT2D eigenvalue weighted by atomic mass is 79.9. The summed E-state index contributed by atoms with van der Waals surface area (Å²) in [5.41, 5.74) is 9.67. The molecule has 2 aromatic rings. The van der Waals surface area contributed by atoms with Crippen LogP contribution in [-0.4, -0.2) is 21.0 Å². The Balaban J connectivity index is 2.75. The molecule has 1 aromatic heterocycles. The molecule has 0 radical (unpaired) electrons. The van der Waals surface area contributed by atoms with Gasteiger partial charge in [0.15, 0.2) is 0 Å². The standard InChI is InChI=1S/C13H14BrN3S2/c1-7-12(14)8(2)17(16-7)9-5-4-6-10(19-3)11(9)13(15)18/h4-6H,1-3H3,(H2,15,18). The highest BCUT2D eigenvalue weighted by Crippen LogP contribution is 2.29. The maximum absolute atomic E-state index is 5.89. The lowest BCUT2D eigenvalue weighted by Gasteiger charge is -2.13. The zero-order chi connectivity index (χ0) is 14.2. The van der Waals surface area contributed by atoms with Gasteiger partial charge >= 0.3 is 0 Å². The molecule has 0 amide bonds. The topological polar surface area (TPSA) is 43.8 Å². The van der Waals surface area contributed by atoms with Crippen molar-refractivity contribution in [3.63, 3.8) is 0 Å². The predicted molar refractivity (Wildman–Crippen MR) is 88.4 cm³/mol. The number of aromatic nitrogens is 2. The average Bonchev–Trinajstić information content (AvgIpc) is 2.65. The second-order valence-electron chi connectivity index (χ2n) is 4.12. The Morgan fingerprint density at radius 1 is 1.42 bits per heavy atom. The molecule has 0 saturated heterocycles. The molecular weight excluding hydrogens is 342 g/mol. The molecule has 0 aliphatic rings. The number of nitrogens with zero attached hydrogens (tertiary/aromatic N) is 2. The zero-order valence-electron chi connectivity index (χ0n) is 10.9. The van der Waals surface area contributed by atoms with E-state index in [0.29, 0.717) is 4.99 Å². The fraction of sp³-hybridized carbons (Fsp3) is 0.231. The first-order valence-corrected chi connectivity index (χ1v) is 8.08. The van der Waals surface area contributed by atoms with Crippen LogP contribution in [0.5, 0.6) is 0 Å². The summed E-state index contributed by atoms with van der Waals surface area (Å²) in [5, 5.41) is 4.54. The van der Waals surface area contributed by atoms with E-state index in [1.165, 1.54) is 0 Å². The van der Waals surface area contributed by atoms with Crippen molar-refractivity contribution in [2.24, 2.45) is 5.73 Å². The van der Waals surface area contributed by atoms with Crippen LogP contribution >= 0.6 is 39.9 Å². The second kappa shape index (κ2) is 5.64. The van der Waals surface area contributed by atoms with Crippen molar-refractivity contribution in [1.82, 2.24) is 9.78 Å². The number of thioether (sulfide) groups is 1. The highest BCUT2D eigenvalue weighted by molar-refractivity contribution is 9.10. The lowest BCUT2D eigenvalue weighted by molar-refractivity contribution is 0.829. The maximum Gasteiger partial charge on any atom is 0.107 e. The van der Waals surface area contributed by atoms with Crippen molar-refractivity contribution in [3.8, 4) is 5.69 Å². The summed E-state index contributed by atoms with van der Waals surface area (Å²) in [4.78, 5) is 1.46. The van der Waals surface area contributed by atoms with E-state index in [0.717, 1.165) is 32.0 Å². The monoisotopic (exact) mass is 355 g/mol. The van der Waals surface area contributed by atoms with E-state index < -0.39 is 0 Å². The van der Waals surface area contributed by atoms with Crippen LogP contribution in [0.4, 0.5) is 0 Å². The Bertz CT molecular complexity index is 650. The van der Waals surface area contributed by atoms with Crippen LogP contribution in [0.25, 0.3) is 5.69 Å². The minimum atomic E-state index is 0.392. The van der Waals surface area contributed by atoms with Crippen molar-refractivity contribution in [1.29, 1.82) is 0 Å². The van der Waals surface area contributed by atoms with E-state index in [1.807, 2.05) is 43.0 Å². The van der Waals surface area contributed by atoms with E-state index in [2.05, 4.69) is 21.0 Å². The van der Waals surface area contributed by atoms with Gasteiger partial charge in [0, 0.05) is 10.5 Å². The molecule has 0 unspecified atom stereocenters. The van der Waals surface area contributed by atoms with E-state index >= 15 is 0 Å². The molecule has 3 nitrogen and oxygen atoms in total. The fourth-order valence-electron chi connectivity index (χ4n) is 1.97. The number of halogens is 1. The van der Waals surface area contributed by atoms with Crippen LogP contribution in [0.1, 0.15) is 17.0 Å². The SMILES string of the molecule is CSc1cccc(-n2nc(C)c(Br)c2C)c1C(N)=S. The number of aryl methyl sites for hydroxylation is 1. The Hall–Kier alpha value is -0.850. The summed E-state index contributed by atoms with van der Waals surface area (Å²) in [7, 11) is 0. The number of hydrogen-bond donors (Lipinski definition) is 1. The maximum atomic E-state index is 5.89. The Kier molecular flexibility index (Phi) is 4.32. The molecule has 1 aromatic carbocycles. The average molecular weight is 356 g/mol. The quantitative estimate of drug-likeness (QED) is 0.674. The van der Waals surface area contributed by atoms with Crippen molar-refractivity contribution in [2.75, 3.05) is 6.26 Å². The van der Waals surface area contributed by atoms with Gasteiger partial charge in [-0.15, -0.1) is 11.8 Å². The number of hydrogen-bond acceptors (Lipinski definition) is 3. The first-order valence-electron chi connectivity index (χ1n) is 5.66. The summed E-state index contributed by atoms with van der Waals surface area (Å²) in [6.45, 7) is 3.98. The largest absolute Gasteiger partial charge is 0.389 e. The predicted octanol–water partition coefficient (Wildman–Crippen LogP) is 3.61. The van der Waals surface area contributed by atoms with Gasteiger partial charge in [-0.05, 0) is 48.2 Å². The fourth-order valence-corrected chi connectivity index (χ4v) is 3.13. The molecule has 0 spiro atoms. The van der Waals surface area contributed by atoms with Crippen LogP contribution in [0.3, 0.4) is 0 Å². The van der Waals surface area contributed by atoms with Crippen LogP contribution in [-0.2, 0) is 0 Å². The van der Waals surface area contributed by atoms with Crippen molar-refractivity contribution < 1.29 is 0 Å². The number of rotatable bonds is 3. The van der Waals surface area contributed by atoms with Gasteiger partial charge in [0.2, 0.25) is 0 Å². The molecule has 0 atom stereocenters. The zero-order valence-corrected chi connectivity index (χ0v) is 14.1. The smallest absolute Gasteiger partial charge is 0.107 e. The van der Waals surface area contributed by atoms with Crippen molar-refractivity contribution in [2.45, 2.75) is 18.7 Å². The van der Waals surface area contributed by atoms with Gasteiger partial charge in [0.25, 0.3) is 0 Å². The van der Waals surface area contributed by atoms with Gasteiger partial charge in [-0.25, -0.2) is 4.68 Å². The lowest BCUT2D eigenvalue weighted by atomic mass is 10.1. The third-order valence-corrected chi connectivity index (χ3v) is 5.03. The van der Waals surface area contributed by atoms with E-state index in [9.17, 15) is 0 Å². The summed E-state index contributed by atoms with van der Waals surface area (Å²) in [6, 6.07) is 6.00. The summed E-state index contributed by atoms with van der Waals surface area (Å²) >= 11 is 10.4. The minimum Gasteiger partial charge on any atom is -0.389 e. The first-order chi connectivity index (χ1) is 8.97. The third-order valence-electron chi connectivity index (χ3n) is 2.90. The first kappa shape index (κ1) is 14.6. The number of benzene rings is 1. The Morgan fingerprint density at radius 2 is 2.11 bits per heavy atom. The van der Waals surface area contributed by atoms with E-state index in [1.54, 1.807) is 11.8 Å². The molecule has 0 aliphatic carbocycles. The van der Waals surface area contributed by atoms with Gasteiger partial charge in [-0.1, -0.05) is 18.3 Å². The Morgan fingerprint density at radius 3 is 2.58 bits per heavy atom. The molecule has 0 aliphatic heterocycles. The molecule has 1 heterocycles. The molecule has 6 heteroatoms. The third kappa shape index (κ3) is 2.57. The van der Waals surface area contributed by atoms with Crippen molar-refractivity contribution in [3.05, 3.63) is 39.6 Å².